The highest BCUT2D eigenvalue weighted by atomic mass is 19.1. The van der Waals surface area contributed by atoms with E-state index in [2.05, 4.69) is 10.5 Å². The molecular formula is C19H17FN2O3. The van der Waals surface area contributed by atoms with Crippen LogP contribution < -0.4 is 10.1 Å². The molecule has 0 aliphatic rings. The van der Waals surface area contributed by atoms with Crippen molar-refractivity contribution in [3.8, 4) is 17.1 Å². The van der Waals surface area contributed by atoms with Crippen molar-refractivity contribution in [3.63, 3.8) is 0 Å². The molecule has 0 radical (unpaired) electrons. The van der Waals surface area contributed by atoms with E-state index in [0.717, 1.165) is 0 Å². The Kier molecular flexibility index (Phi) is 4.79. The molecule has 3 aromatic rings. The second-order valence-electron chi connectivity index (χ2n) is 5.69. The molecule has 0 saturated heterocycles. The van der Waals surface area contributed by atoms with Crippen molar-refractivity contribution < 1.29 is 18.4 Å². The van der Waals surface area contributed by atoms with Gasteiger partial charge in [0.1, 0.15) is 17.1 Å². The number of halogens is 1. The average Bonchev–Trinajstić information content (AvgIpc) is 3.06. The Morgan fingerprint density at radius 3 is 2.60 bits per heavy atom. The number of nitrogens with zero attached hydrogens (tertiary/aromatic N) is 1. The number of carbonyl (C=O) groups excluding carboxylic acids is 1. The molecule has 25 heavy (non-hydrogen) atoms. The van der Waals surface area contributed by atoms with Crippen molar-refractivity contribution in [3.05, 3.63) is 66.1 Å². The molecule has 0 saturated carbocycles. The standard InChI is InChI=1S/C19H17FN2O3/c1-12(2)24-17-6-4-3-5-16(17)22-19(23)15-11-21-25-18(15)13-7-9-14(20)10-8-13/h3-12H,1-2H3,(H,22,23). The van der Waals surface area contributed by atoms with Crippen molar-refractivity contribution in [2.45, 2.75) is 20.0 Å². The lowest BCUT2D eigenvalue weighted by molar-refractivity contribution is 0.102. The van der Waals surface area contributed by atoms with E-state index in [-0.39, 0.29) is 29.2 Å². The number of aromatic nitrogens is 1. The molecule has 1 aromatic heterocycles. The van der Waals surface area contributed by atoms with Crippen molar-refractivity contribution in [1.82, 2.24) is 5.16 Å². The van der Waals surface area contributed by atoms with Gasteiger partial charge in [-0.15, -0.1) is 0 Å². The van der Waals surface area contributed by atoms with Crippen LogP contribution in [0, 0.1) is 5.82 Å². The van der Waals surface area contributed by atoms with Crippen LogP contribution in [0.1, 0.15) is 24.2 Å². The fourth-order valence-electron chi connectivity index (χ4n) is 2.33. The lowest BCUT2D eigenvalue weighted by Gasteiger charge is -2.14. The zero-order chi connectivity index (χ0) is 17.8. The Morgan fingerprint density at radius 2 is 1.88 bits per heavy atom. The van der Waals surface area contributed by atoms with Gasteiger partial charge in [0, 0.05) is 5.56 Å². The smallest absolute Gasteiger partial charge is 0.261 e. The molecule has 5 nitrogen and oxygen atoms in total. The first-order valence-electron chi connectivity index (χ1n) is 7.82. The van der Waals surface area contributed by atoms with Gasteiger partial charge in [-0.05, 0) is 50.2 Å². The van der Waals surface area contributed by atoms with Crippen LogP contribution in [0.15, 0.2) is 59.3 Å². The maximum atomic E-state index is 13.1. The minimum absolute atomic E-state index is 0.0246. The molecule has 3 rings (SSSR count). The number of benzene rings is 2. The fraction of sp³-hybridized carbons (Fsp3) is 0.158. The number of nitrogens with one attached hydrogen (secondary N) is 1. The minimum atomic E-state index is -0.389. The van der Waals surface area contributed by atoms with E-state index in [1.54, 1.807) is 18.2 Å². The first-order chi connectivity index (χ1) is 12.0. The normalized spacial score (nSPS) is 10.7. The summed E-state index contributed by atoms with van der Waals surface area (Å²) in [6.07, 6.45) is 1.31. The molecule has 1 N–H and O–H groups in total. The van der Waals surface area contributed by atoms with Crippen molar-refractivity contribution >= 4 is 11.6 Å². The molecule has 0 aliphatic heterocycles. The van der Waals surface area contributed by atoms with E-state index in [4.69, 9.17) is 9.26 Å². The Hall–Kier alpha value is -3.15. The number of anilines is 1. The average molecular weight is 340 g/mol. The zero-order valence-corrected chi connectivity index (χ0v) is 13.8. The molecule has 0 atom stereocenters. The predicted molar refractivity (Wildman–Crippen MR) is 92.1 cm³/mol. The van der Waals surface area contributed by atoms with Gasteiger partial charge in [0.25, 0.3) is 5.91 Å². The molecule has 128 valence electrons. The maximum absolute atomic E-state index is 13.1. The SMILES string of the molecule is CC(C)Oc1ccccc1NC(=O)c1cnoc1-c1ccc(F)cc1. The van der Waals surface area contributed by atoms with E-state index in [9.17, 15) is 9.18 Å². The van der Waals surface area contributed by atoms with Gasteiger partial charge in [-0.1, -0.05) is 17.3 Å². The van der Waals surface area contributed by atoms with Gasteiger partial charge in [-0.2, -0.15) is 0 Å². The maximum Gasteiger partial charge on any atom is 0.261 e. The lowest BCUT2D eigenvalue weighted by Crippen LogP contribution is -2.14. The quantitative estimate of drug-likeness (QED) is 0.742. The van der Waals surface area contributed by atoms with Gasteiger partial charge in [-0.25, -0.2) is 4.39 Å². The third-order valence-corrected chi connectivity index (χ3v) is 3.42. The molecule has 6 heteroatoms. The third kappa shape index (κ3) is 3.85. The van der Waals surface area contributed by atoms with Gasteiger partial charge in [0.2, 0.25) is 0 Å². The van der Waals surface area contributed by atoms with E-state index in [1.165, 1.54) is 30.5 Å². The van der Waals surface area contributed by atoms with E-state index < -0.39 is 0 Å². The molecule has 1 amide bonds. The number of hydrogen-bond donors (Lipinski definition) is 1. The second-order valence-corrected chi connectivity index (χ2v) is 5.69. The van der Waals surface area contributed by atoms with Crippen molar-refractivity contribution in [2.75, 3.05) is 5.32 Å². The summed E-state index contributed by atoms with van der Waals surface area (Å²) in [6, 6.07) is 12.8. The summed E-state index contributed by atoms with van der Waals surface area (Å²) in [7, 11) is 0. The van der Waals surface area contributed by atoms with E-state index >= 15 is 0 Å². The molecule has 0 spiro atoms. The number of rotatable bonds is 5. The highest BCUT2D eigenvalue weighted by Gasteiger charge is 2.19. The van der Waals surface area contributed by atoms with Crippen LogP contribution in [-0.2, 0) is 0 Å². The molecule has 0 bridgehead atoms. The van der Waals surface area contributed by atoms with Gasteiger partial charge in [-0.3, -0.25) is 4.79 Å². The first kappa shape index (κ1) is 16.7. The summed E-state index contributed by atoms with van der Waals surface area (Å²) in [5, 5.41) is 6.50. The zero-order valence-electron chi connectivity index (χ0n) is 13.8. The summed E-state index contributed by atoms with van der Waals surface area (Å²) >= 11 is 0. The number of para-hydroxylation sites is 2. The van der Waals surface area contributed by atoms with Gasteiger partial charge < -0.3 is 14.6 Å². The number of amides is 1. The predicted octanol–water partition coefficient (Wildman–Crippen LogP) is 4.52. The Bertz CT molecular complexity index is 872. The molecule has 0 aliphatic carbocycles. The fourth-order valence-corrected chi connectivity index (χ4v) is 2.33. The summed E-state index contributed by atoms with van der Waals surface area (Å²) in [4.78, 5) is 12.6. The van der Waals surface area contributed by atoms with Crippen LogP contribution in [0.5, 0.6) is 5.75 Å². The van der Waals surface area contributed by atoms with Gasteiger partial charge in [0.05, 0.1) is 18.0 Å². The number of carbonyl (C=O) groups is 1. The second kappa shape index (κ2) is 7.17. The van der Waals surface area contributed by atoms with Gasteiger partial charge in [0.15, 0.2) is 5.76 Å². The highest BCUT2D eigenvalue weighted by molar-refractivity contribution is 6.08. The van der Waals surface area contributed by atoms with Crippen molar-refractivity contribution in [1.29, 1.82) is 0 Å². The van der Waals surface area contributed by atoms with Crippen LogP contribution in [-0.4, -0.2) is 17.2 Å². The number of ether oxygens (including phenoxy) is 1. The lowest BCUT2D eigenvalue weighted by atomic mass is 10.1. The van der Waals surface area contributed by atoms with Crippen LogP contribution >= 0.6 is 0 Å². The Morgan fingerprint density at radius 1 is 1.16 bits per heavy atom. The van der Waals surface area contributed by atoms with E-state index in [0.29, 0.717) is 17.0 Å². The Balaban J connectivity index is 1.86. The largest absolute Gasteiger partial charge is 0.489 e. The number of hydrogen-bond acceptors (Lipinski definition) is 4. The molecule has 0 fully saturated rings. The Labute approximate surface area is 144 Å². The molecular weight excluding hydrogens is 323 g/mol. The summed E-state index contributed by atoms with van der Waals surface area (Å²) in [5.74, 6) is 0.0970. The van der Waals surface area contributed by atoms with Crippen LogP contribution in [0.25, 0.3) is 11.3 Å². The summed E-state index contributed by atoms with van der Waals surface area (Å²) in [5.41, 5.74) is 1.37. The van der Waals surface area contributed by atoms with Crippen LogP contribution in [0.4, 0.5) is 10.1 Å². The van der Waals surface area contributed by atoms with E-state index in [1.807, 2.05) is 19.9 Å². The molecule has 0 unspecified atom stereocenters. The summed E-state index contributed by atoms with van der Waals surface area (Å²) in [6.45, 7) is 3.82. The highest BCUT2D eigenvalue weighted by Crippen LogP contribution is 2.28. The molecule has 2 aromatic carbocycles. The van der Waals surface area contributed by atoms with Crippen molar-refractivity contribution in [2.24, 2.45) is 0 Å². The minimum Gasteiger partial charge on any atom is -0.489 e. The van der Waals surface area contributed by atoms with Crippen LogP contribution in [0.3, 0.4) is 0 Å². The molecule has 1 heterocycles. The first-order valence-corrected chi connectivity index (χ1v) is 7.82. The van der Waals surface area contributed by atoms with Crippen LogP contribution in [0.2, 0.25) is 0 Å². The summed E-state index contributed by atoms with van der Waals surface area (Å²) < 4.78 is 24.0. The topological polar surface area (TPSA) is 64.4 Å². The van der Waals surface area contributed by atoms with Gasteiger partial charge >= 0.3 is 0 Å². The third-order valence-electron chi connectivity index (χ3n) is 3.42. The monoisotopic (exact) mass is 340 g/mol.